The van der Waals surface area contributed by atoms with Crippen molar-refractivity contribution >= 4 is 17.8 Å². The van der Waals surface area contributed by atoms with E-state index in [1.165, 1.54) is 24.3 Å². The average molecular weight is 398 g/mol. The van der Waals surface area contributed by atoms with Crippen LogP contribution in [0.4, 0.5) is 13.2 Å². The fraction of sp³-hybridized carbons (Fsp3) is 0.524. The number of halogens is 3. The quantitative estimate of drug-likeness (QED) is 0.591. The summed E-state index contributed by atoms with van der Waals surface area (Å²) in [6, 6.07) is 5.25. The lowest BCUT2D eigenvalue weighted by Gasteiger charge is -2.15. The van der Waals surface area contributed by atoms with Crippen molar-refractivity contribution in [3.05, 3.63) is 41.5 Å². The lowest BCUT2D eigenvalue weighted by atomic mass is 9.89. The van der Waals surface area contributed by atoms with Crippen molar-refractivity contribution in [3.8, 4) is 0 Å². The number of allylic oxidation sites excluding steroid dienone is 1. The number of alkyl halides is 3. The third kappa shape index (κ3) is 6.19. The monoisotopic (exact) mass is 398 g/mol. The van der Waals surface area contributed by atoms with E-state index in [0.29, 0.717) is 19.3 Å². The number of hydrogen-bond acceptors (Lipinski definition) is 3. The van der Waals surface area contributed by atoms with Gasteiger partial charge in [-0.15, -0.1) is 0 Å². The summed E-state index contributed by atoms with van der Waals surface area (Å²) in [7, 11) is 0. The Hall–Kier alpha value is -2.15. The van der Waals surface area contributed by atoms with Crippen molar-refractivity contribution in [2.45, 2.75) is 57.2 Å². The van der Waals surface area contributed by atoms with Gasteiger partial charge in [-0.1, -0.05) is 49.6 Å². The van der Waals surface area contributed by atoms with E-state index in [-0.39, 0.29) is 30.1 Å². The minimum atomic E-state index is -4.46. The highest BCUT2D eigenvalue weighted by Gasteiger charge is 2.39. The average Bonchev–Trinajstić information content (AvgIpc) is 2.89. The number of carboxylic acids is 1. The molecule has 0 aromatic heterocycles. The third-order valence-corrected chi connectivity index (χ3v) is 5.15. The molecule has 0 radical (unpaired) electrons. The lowest BCUT2D eigenvalue weighted by molar-refractivity contribution is -0.138. The number of ketones is 1. The molecule has 4 nitrogen and oxygen atoms in total. The Morgan fingerprint density at radius 1 is 1.14 bits per heavy atom. The van der Waals surface area contributed by atoms with Crippen molar-refractivity contribution in [2.24, 2.45) is 11.8 Å². The van der Waals surface area contributed by atoms with Crippen molar-refractivity contribution in [1.29, 1.82) is 0 Å². The molecule has 0 saturated heterocycles. The number of rotatable bonds is 9. The molecule has 3 unspecified atom stereocenters. The van der Waals surface area contributed by atoms with Crippen LogP contribution < -0.4 is 0 Å². The Labute approximate surface area is 162 Å². The minimum Gasteiger partial charge on any atom is -0.481 e. The second kappa shape index (κ2) is 9.87. The zero-order valence-corrected chi connectivity index (χ0v) is 15.5. The van der Waals surface area contributed by atoms with Crippen molar-refractivity contribution in [3.63, 3.8) is 0 Å². The topological polar surface area (TPSA) is 74.6 Å². The van der Waals surface area contributed by atoms with Crippen LogP contribution in [-0.4, -0.2) is 28.1 Å². The summed E-state index contributed by atoms with van der Waals surface area (Å²) in [5, 5.41) is 18.5. The zero-order chi connectivity index (χ0) is 20.7. The number of unbranched alkanes of at least 4 members (excludes halogenated alkanes) is 3. The van der Waals surface area contributed by atoms with Gasteiger partial charge in [0.1, 0.15) is 6.10 Å². The molecule has 1 aliphatic carbocycles. The van der Waals surface area contributed by atoms with E-state index in [9.17, 15) is 27.9 Å². The van der Waals surface area contributed by atoms with Crippen LogP contribution in [0.1, 0.15) is 56.1 Å². The molecule has 0 heterocycles. The number of aliphatic hydroxyl groups excluding tert-OH is 1. The van der Waals surface area contributed by atoms with Gasteiger partial charge in [-0.25, -0.2) is 0 Å². The largest absolute Gasteiger partial charge is 0.481 e. The predicted octanol–water partition coefficient (Wildman–Crippen LogP) is 4.71. The van der Waals surface area contributed by atoms with Crippen LogP contribution in [0.5, 0.6) is 0 Å². The zero-order valence-electron chi connectivity index (χ0n) is 15.5. The molecule has 0 amide bonds. The molecule has 0 bridgehead atoms. The van der Waals surface area contributed by atoms with Crippen LogP contribution in [0.3, 0.4) is 0 Å². The summed E-state index contributed by atoms with van der Waals surface area (Å²) in [6.45, 7) is 0. The fourth-order valence-electron chi connectivity index (χ4n) is 3.69. The fourth-order valence-corrected chi connectivity index (χ4v) is 3.69. The number of carbonyl (C=O) groups excluding carboxylic acids is 1. The molecule has 2 N–H and O–H groups in total. The molecular formula is C21H25F3O4. The molecule has 28 heavy (non-hydrogen) atoms. The first kappa shape index (κ1) is 22.1. The molecule has 154 valence electrons. The van der Waals surface area contributed by atoms with Gasteiger partial charge in [0.2, 0.25) is 0 Å². The molecule has 7 heteroatoms. The van der Waals surface area contributed by atoms with E-state index in [1.807, 2.05) is 0 Å². The van der Waals surface area contributed by atoms with Crippen LogP contribution in [0.15, 0.2) is 30.3 Å². The van der Waals surface area contributed by atoms with E-state index in [2.05, 4.69) is 0 Å². The number of Topliss-reactive ketones (excluding diaryl/α,β-unsaturated/α-hetero) is 1. The third-order valence-electron chi connectivity index (χ3n) is 5.15. The normalized spacial score (nSPS) is 22.9. The summed E-state index contributed by atoms with van der Waals surface area (Å²) in [5.41, 5.74) is -0.692. The molecule has 1 fully saturated rings. The SMILES string of the molecule is O=C(O)CCCCCCC1C(=O)C(O)CC1C=Cc1ccccc1C(F)(F)F. The van der Waals surface area contributed by atoms with Gasteiger partial charge < -0.3 is 10.2 Å². The molecule has 1 aromatic carbocycles. The predicted molar refractivity (Wildman–Crippen MR) is 98.4 cm³/mol. The molecule has 1 aromatic rings. The van der Waals surface area contributed by atoms with Crippen LogP contribution in [0, 0.1) is 11.8 Å². The molecular weight excluding hydrogens is 373 g/mol. The molecule has 1 saturated carbocycles. The van der Waals surface area contributed by atoms with E-state index in [4.69, 9.17) is 5.11 Å². The number of carboxylic acid groups (broad SMARTS) is 1. The molecule has 0 spiro atoms. The first-order valence-corrected chi connectivity index (χ1v) is 9.48. The Morgan fingerprint density at radius 2 is 1.82 bits per heavy atom. The lowest BCUT2D eigenvalue weighted by Crippen LogP contribution is -2.19. The van der Waals surface area contributed by atoms with Gasteiger partial charge in [0.25, 0.3) is 0 Å². The number of carbonyl (C=O) groups is 2. The van der Waals surface area contributed by atoms with Crippen molar-refractivity contribution < 1.29 is 33.0 Å². The van der Waals surface area contributed by atoms with Crippen molar-refractivity contribution in [1.82, 2.24) is 0 Å². The standard InChI is InChI=1S/C21H25F3O4/c22-21(23,24)17-9-6-5-7-14(17)11-12-15-13-18(25)20(28)16(15)8-3-1-2-4-10-19(26)27/h5-7,9,11-12,15-16,18,25H,1-4,8,10,13H2,(H,26,27). The molecule has 1 aliphatic rings. The van der Waals surface area contributed by atoms with Gasteiger partial charge in [0, 0.05) is 12.3 Å². The molecule has 0 aliphatic heterocycles. The summed E-state index contributed by atoms with van der Waals surface area (Å²) in [6.07, 6.45) is 1.14. The van der Waals surface area contributed by atoms with E-state index in [1.54, 1.807) is 6.08 Å². The van der Waals surface area contributed by atoms with Gasteiger partial charge in [-0.3, -0.25) is 9.59 Å². The van der Waals surface area contributed by atoms with Gasteiger partial charge >= 0.3 is 12.1 Å². The highest BCUT2D eigenvalue weighted by Crippen LogP contribution is 2.36. The number of hydrogen-bond donors (Lipinski definition) is 2. The summed E-state index contributed by atoms with van der Waals surface area (Å²) in [4.78, 5) is 22.7. The number of aliphatic hydroxyl groups is 1. The summed E-state index contributed by atoms with van der Waals surface area (Å²) < 4.78 is 39.3. The maximum atomic E-state index is 13.1. The second-order valence-electron chi connectivity index (χ2n) is 7.21. The summed E-state index contributed by atoms with van der Waals surface area (Å²) >= 11 is 0. The Balaban J connectivity index is 1.98. The highest BCUT2D eigenvalue weighted by molar-refractivity contribution is 5.88. The second-order valence-corrected chi connectivity index (χ2v) is 7.21. The van der Waals surface area contributed by atoms with Gasteiger partial charge in [0.05, 0.1) is 5.56 Å². The van der Waals surface area contributed by atoms with E-state index in [0.717, 1.165) is 18.9 Å². The summed E-state index contributed by atoms with van der Waals surface area (Å²) in [5.74, 6) is -1.81. The maximum Gasteiger partial charge on any atom is 0.416 e. The smallest absolute Gasteiger partial charge is 0.416 e. The molecule has 3 atom stereocenters. The van der Waals surface area contributed by atoms with Crippen LogP contribution in [0.25, 0.3) is 6.08 Å². The Morgan fingerprint density at radius 3 is 2.50 bits per heavy atom. The number of aliphatic carboxylic acids is 1. The Bertz CT molecular complexity index is 712. The van der Waals surface area contributed by atoms with Gasteiger partial charge in [-0.05, 0) is 36.8 Å². The minimum absolute atomic E-state index is 0.0382. The van der Waals surface area contributed by atoms with Crippen LogP contribution in [-0.2, 0) is 15.8 Å². The molecule has 2 rings (SSSR count). The van der Waals surface area contributed by atoms with Crippen LogP contribution >= 0.6 is 0 Å². The van der Waals surface area contributed by atoms with Gasteiger partial charge in [0.15, 0.2) is 5.78 Å². The number of benzene rings is 1. The van der Waals surface area contributed by atoms with Gasteiger partial charge in [-0.2, -0.15) is 13.2 Å². The van der Waals surface area contributed by atoms with Crippen LogP contribution in [0.2, 0.25) is 0 Å². The van der Waals surface area contributed by atoms with E-state index < -0.39 is 29.7 Å². The van der Waals surface area contributed by atoms with E-state index >= 15 is 0 Å². The van der Waals surface area contributed by atoms with Crippen molar-refractivity contribution in [2.75, 3.05) is 0 Å². The maximum absolute atomic E-state index is 13.1. The first-order chi connectivity index (χ1) is 13.2. The Kier molecular flexibility index (Phi) is 7.80. The highest BCUT2D eigenvalue weighted by atomic mass is 19.4. The first-order valence-electron chi connectivity index (χ1n) is 9.48.